The van der Waals surface area contributed by atoms with Gasteiger partial charge in [-0.1, -0.05) is 18.2 Å². The highest BCUT2D eigenvalue weighted by Gasteiger charge is 1.77. The molecule has 0 saturated carbocycles. The van der Waals surface area contributed by atoms with Crippen LogP contribution in [0.2, 0.25) is 0 Å². The summed E-state index contributed by atoms with van der Waals surface area (Å²) >= 11 is 0. The van der Waals surface area contributed by atoms with Crippen molar-refractivity contribution in [3.05, 3.63) is 30.3 Å². The Kier molecular flexibility index (Phi) is 0.747. The van der Waals surface area contributed by atoms with Gasteiger partial charge >= 0.3 is 0 Å². The third-order valence-corrected chi connectivity index (χ3v) is 0.918. The average molecular weight is 110 g/mol. The van der Waals surface area contributed by atoms with Crippen LogP contribution in [0.3, 0.4) is 0 Å². The lowest BCUT2D eigenvalue weighted by Gasteiger charge is -1.94. The van der Waals surface area contributed by atoms with Crippen LogP contribution in [0, 0.1) is 0 Å². The lowest BCUT2D eigenvalue weighted by atomic mass is 10.3. The fourth-order valence-electron chi connectivity index (χ4n) is 0.521. The van der Waals surface area contributed by atoms with Gasteiger partial charge in [0.25, 0.3) is 0 Å². The molecule has 42 valence electrons. The third-order valence-electron chi connectivity index (χ3n) is 0.918. The molecule has 1 heteroatoms. The van der Waals surface area contributed by atoms with Gasteiger partial charge in [0.15, 0.2) is 0 Å². The fourth-order valence-corrected chi connectivity index (χ4v) is 0.521. The number of benzene rings is 1. The number of para-hydroxylation sites is 1. The van der Waals surface area contributed by atoms with Crippen LogP contribution >= 0.6 is 0 Å². The lowest BCUT2D eigenvalue weighted by molar-refractivity contribution is 1.51. The highest BCUT2D eigenvalue weighted by Crippen LogP contribution is 2.01. The molecular formula is C7H9N. The predicted octanol–water partition coefficient (Wildman–Crippen LogP) is 1.73. The van der Waals surface area contributed by atoms with E-state index in [0.717, 1.165) is 0 Å². The predicted molar refractivity (Wildman–Crippen MR) is 36.0 cm³/mol. The fraction of sp³-hybridized carbons (Fsp3) is 0.143. The number of hydrogen-bond donors (Lipinski definition) is 1. The number of anilines is 1. The van der Waals surface area contributed by atoms with E-state index in [9.17, 15) is 0 Å². The van der Waals surface area contributed by atoms with Crippen molar-refractivity contribution in [2.45, 2.75) is 0 Å². The molecule has 0 aliphatic carbocycles. The Balaban J connectivity index is 2.66. The van der Waals surface area contributed by atoms with Gasteiger partial charge in [0.1, 0.15) is 0 Å². The molecule has 1 aromatic rings. The van der Waals surface area contributed by atoms with E-state index in [4.69, 9.17) is 4.11 Å². The maximum absolute atomic E-state index is 6.89. The quantitative estimate of drug-likeness (QED) is 0.580. The molecule has 1 rings (SSSR count). The second-order valence-electron chi connectivity index (χ2n) is 1.49. The summed E-state index contributed by atoms with van der Waals surface area (Å²) < 4.78 is 20.7. The minimum absolute atomic E-state index is 0.618. The third kappa shape index (κ3) is 0.997. The summed E-state index contributed by atoms with van der Waals surface area (Å²) in [4.78, 5) is 0. The van der Waals surface area contributed by atoms with Gasteiger partial charge in [0, 0.05) is 16.8 Å². The summed E-state index contributed by atoms with van der Waals surface area (Å²) in [7, 11) is 0. The Morgan fingerprint density at radius 2 is 2.12 bits per heavy atom. The summed E-state index contributed by atoms with van der Waals surface area (Å²) in [6.07, 6.45) is 0. The van der Waals surface area contributed by atoms with Crippen molar-refractivity contribution in [1.29, 1.82) is 0 Å². The minimum atomic E-state index is -2.10. The SMILES string of the molecule is [2H]C([2H])([2H])Nc1ccccc1. The summed E-state index contributed by atoms with van der Waals surface area (Å²) in [5, 5.41) is 2.38. The van der Waals surface area contributed by atoms with E-state index in [1.54, 1.807) is 24.3 Å². The summed E-state index contributed by atoms with van der Waals surface area (Å²) in [5.74, 6) is 0. The molecule has 1 N–H and O–H groups in total. The maximum Gasteiger partial charge on any atom is 0.0453 e. The minimum Gasteiger partial charge on any atom is -0.388 e. The van der Waals surface area contributed by atoms with Crippen LogP contribution in [0.1, 0.15) is 4.11 Å². The largest absolute Gasteiger partial charge is 0.388 e. The molecule has 0 fully saturated rings. The number of nitrogens with one attached hydrogen (secondary N) is 1. The van der Waals surface area contributed by atoms with Crippen molar-refractivity contribution in [3.63, 3.8) is 0 Å². The monoisotopic (exact) mass is 110 g/mol. The first-order valence-electron chi connectivity index (χ1n) is 3.91. The lowest BCUT2D eigenvalue weighted by Crippen LogP contribution is -1.84. The first-order chi connectivity index (χ1) is 5.08. The van der Waals surface area contributed by atoms with E-state index in [-0.39, 0.29) is 0 Å². The Morgan fingerprint density at radius 3 is 2.75 bits per heavy atom. The maximum atomic E-state index is 6.89. The average Bonchev–Trinajstić information content (AvgIpc) is 1.85. The zero-order valence-electron chi connectivity index (χ0n) is 7.39. The smallest absolute Gasteiger partial charge is 0.0453 e. The van der Waals surface area contributed by atoms with E-state index in [1.807, 2.05) is 6.07 Å². The van der Waals surface area contributed by atoms with Crippen molar-refractivity contribution in [3.8, 4) is 0 Å². The van der Waals surface area contributed by atoms with Gasteiger partial charge in [-0.25, -0.2) is 0 Å². The first kappa shape index (κ1) is 2.53. The zero-order chi connectivity index (χ0) is 8.32. The van der Waals surface area contributed by atoms with E-state index in [0.29, 0.717) is 5.69 Å². The second kappa shape index (κ2) is 2.36. The molecular weight excluding hydrogens is 98.1 g/mol. The van der Waals surface area contributed by atoms with Crippen molar-refractivity contribution in [2.75, 3.05) is 12.3 Å². The molecule has 0 aliphatic rings. The Hall–Kier alpha value is -0.980. The van der Waals surface area contributed by atoms with Crippen LogP contribution in [0.15, 0.2) is 30.3 Å². The Labute approximate surface area is 53.6 Å². The molecule has 0 amide bonds. The van der Waals surface area contributed by atoms with Crippen LogP contribution in [-0.4, -0.2) is 6.98 Å². The van der Waals surface area contributed by atoms with Gasteiger partial charge in [-0.15, -0.1) is 0 Å². The topological polar surface area (TPSA) is 12.0 Å². The highest BCUT2D eigenvalue weighted by atomic mass is 14.8. The molecule has 0 unspecified atom stereocenters. The summed E-state index contributed by atoms with van der Waals surface area (Å²) in [6.45, 7) is -2.10. The summed E-state index contributed by atoms with van der Waals surface area (Å²) in [6, 6.07) is 8.84. The van der Waals surface area contributed by atoms with Gasteiger partial charge in [-0.05, 0) is 12.1 Å². The molecule has 1 nitrogen and oxygen atoms in total. The molecule has 0 aromatic heterocycles. The molecule has 0 saturated heterocycles. The van der Waals surface area contributed by atoms with E-state index in [1.165, 1.54) is 0 Å². The van der Waals surface area contributed by atoms with Crippen LogP contribution in [0.25, 0.3) is 0 Å². The van der Waals surface area contributed by atoms with E-state index in [2.05, 4.69) is 5.32 Å². The molecule has 0 radical (unpaired) electrons. The van der Waals surface area contributed by atoms with Gasteiger partial charge in [-0.3, -0.25) is 0 Å². The summed E-state index contributed by atoms with van der Waals surface area (Å²) in [5.41, 5.74) is 0.618. The number of hydrogen-bond acceptors (Lipinski definition) is 1. The molecule has 1 aromatic carbocycles. The van der Waals surface area contributed by atoms with Gasteiger partial charge in [-0.2, -0.15) is 0 Å². The Bertz CT molecular complexity index is 217. The highest BCUT2D eigenvalue weighted by molar-refractivity contribution is 5.41. The molecule has 0 atom stereocenters. The standard InChI is InChI=1S/C7H9N/c1-8-7-5-3-2-4-6-7/h2-6,8H,1H3/i1D3. The van der Waals surface area contributed by atoms with Crippen LogP contribution in [0.4, 0.5) is 5.69 Å². The molecule has 0 bridgehead atoms. The van der Waals surface area contributed by atoms with Crippen molar-refractivity contribution >= 4 is 5.69 Å². The van der Waals surface area contributed by atoms with Crippen molar-refractivity contribution in [2.24, 2.45) is 0 Å². The zero-order valence-corrected chi connectivity index (χ0v) is 4.39. The molecule has 0 heterocycles. The van der Waals surface area contributed by atoms with Gasteiger partial charge in [0.2, 0.25) is 0 Å². The second-order valence-corrected chi connectivity index (χ2v) is 1.49. The van der Waals surface area contributed by atoms with Crippen molar-refractivity contribution in [1.82, 2.24) is 0 Å². The number of rotatable bonds is 1. The van der Waals surface area contributed by atoms with Gasteiger partial charge in [0.05, 0.1) is 0 Å². The first-order valence-corrected chi connectivity index (χ1v) is 2.41. The van der Waals surface area contributed by atoms with E-state index >= 15 is 0 Å². The molecule has 0 spiro atoms. The Morgan fingerprint density at radius 1 is 1.38 bits per heavy atom. The van der Waals surface area contributed by atoms with Gasteiger partial charge < -0.3 is 5.32 Å². The van der Waals surface area contributed by atoms with Crippen LogP contribution in [0.5, 0.6) is 0 Å². The molecule has 8 heavy (non-hydrogen) atoms. The normalized spacial score (nSPS) is 15.8. The molecule has 0 aliphatic heterocycles. The van der Waals surface area contributed by atoms with Crippen molar-refractivity contribution < 1.29 is 4.11 Å². The van der Waals surface area contributed by atoms with Crippen LogP contribution < -0.4 is 5.32 Å². The van der Waals surface area contributed by atoms with E-state index < -0.39 is 6.98 Å². The van der Waals surface area contributed by atoms with Crippen LogP contribution in [-0.2, 0) is 0 Å².